The van der Waals surface area contributed by atoms with E-state index in [2.05, 4.69) is 45.0 Å². The van der Waals surface area contributed by atoms with Crippen molar-refractivity contribution in [3.05, 3.63) is 59.2 Å². The third-order valence-electron chi connectivity index (χ3n) is 5.72. The highest BCUT2D eigenvalue weighted by Gasteiger charge is 2.27. The lowest BCUT2D eigenvalue weighted by Gasteiger charge is -2.27. The van der Waals surface area contributed by atoms with E-state index in [0.717, 1.165) is 35.4 Å². The average molecular weight is 402 g/mol. The number of aryl methyl sites for hydroxylation is 2. The van der Waals surface area contributed by atoms with Crippen LogP contribution in [0.5, 0.6) is 0 Å². The van der Waals surface area contributed by atoms with Gasteiger partial charge in [-0.25, -0.2) is 14.8 Å². The van der Waals surface area contributed by atoms with E-state index in [9.17, 15) is 4.79 Å². The Morgan fingerprint density at radius 3 is 2.77 bits per heavy atom. The number of aromatic amines is 1. The van der Waals surface area contributed by atoms with Crippen molar-refractivity contribution in [2.75, 3.05) is 18.6 Å². The number of benzene rings is 1. The summed E-state index contributed by atoms with van der Waals surface area (Å²) in [7, 11) is 3.34. The highest BCUT2D eigenvalue weighted by Crippen LogP contribution is 2.36. The van der Waals surface area contributed by atoms with Crippen molar-refractivity contribution in [3.8, 4) is 11.3 Å². The molecule has 0 atom stereocenters. The Bertz CT molecular complexity index is 1250. The molecule has 1 aromatic carbocycles. The Morgan fingerprint density at radius 2 is 2.00 bits per heavy atom. The average Bonchev–Trinajstić information content (AvgIpc) is 3.38. The van der Waals surface area contributed by atoms with Crippen LogP contribution >= 0.6 is 0 Å². The SMILES string of the molecule is COC(=O)c1cnc(N2CCc3nn(C)c(-c4ccc(C)c5[nH]ccc45)c3C2)nc1. The number of fused-ring (bicyclic) bond motifs is 2. The number of ether oxygens (including phenoxy) is 1. The first-order valence-electron chi connectivity index (χ1n) is 9.84. The first-order chi connectivity index (χ1) is 14.6. The molecule has 4 heterocycles. The fourth-order valence-electron chi connectivity index (χ4n) is 4.22. The zero-order chi connectivity index (χ0) is 20.8. The van der Waals surface area contributed by atoms with E-state index in [0.29, 0.717) is 18.1 Å². The number of carbonyl (C=O) groups is 1. The summed E-state index contributed by atoms with van der Waals surface area (Å²) in [6.07, 6.45) is 5.81. The number of H-pyrrole nitrogens is 1. The Morgan fingerprint density at radius 1 is 1.20 bits per heavy atom. The number of hydrogen-bond acceptors (Lipinski definition) is 6. The number of nitrogens with zero attached hydrogens (tertiary/aromatic N) is 5. The number of carbonyl (C=O) groups excluding carboxylic acids is 1. The number of anilines is 1. The molecule has 0 saturated carbocycles. The molecule has 30 heavy (non-hydrogen) atoms. The Hall–Kier alpha value is -3.68. The number of esters is 1. The largest absolute Gasteiger partial charge is 0.465 e. The van der Waals surface area contributed by atoms with Crippen LogP contribution in [0, 0.1) is 6.92 Å². The molecule has 0 saturated heterocycles. The van der Waals surface area contributed by atoms with Gasteiger partial charge in [-0.3, -0.25) is 4.68 Å². The highest BCUT2D eigenvalue weighted by molar-refractivity contribution is 5.97. The summed E-state index contributed by atoms with van der Waals surface area (Å²) in [6, 6.07) is 6.43. The molecule has 0 fully saturated rings. The second-order valence-electron chi connectivity index (χ2n) is 7.53. The fraction of sp³-hybridized carbons (Fsp3) is 0.273. The maximum atomic E-state index is 11.6. The van der Waals surface area contributed by atoms with Crippen molar-refractivity contribution in [2.24, 2.45) is 7.05 Å². The maximum Gasteiger partial charge on any atom is 0.341 e. The van der Waals surface area contributed by atoms with Crippen molar-refractivity contribution in [1.29, 1.82) is 0 Å². The van der Waals surface area contributed by atoms with Gasteiger partial charge in [0.15, 0.2) is 0 Å². The zero-order valence-corrected chi connectivity index (χ0v) is 17.1. The summed E-state index contributed by atoms with van der Waals surface area (Å²) in [5.74, 6) is 0.158. The van der Waals surface area contributed by atoms with Crippen LogP contribution in [-0.2, 0) is 24.8 Å². The van der Waals surface area contributed by atoms with Crippen molar-refractivity contribution in [2.45, 2.75) is 19.9 Å². The molecule has 1 N–H and O–H groups in total. The molecule has 0 radical (unpaired) electrons. The lowest BCUT2D eigenvalue weighted by atomic mass is 9.97. The van der Waals surface area contributed by atoms with E-state index in [1.54, 1.807) is 0 Å². The molecule has 8 nitrogen and oxygen atoms in total. The number of hydrogen-bond donors (Lipinski definition) is 1. The molecular weight excluding hydrogens is 380 g/mol. The molecule has 0 unspecified atom stereocenters. The summed E-state index contributed by atoms with van der Waals surface area (Å²) < 4.78 is 6.70. The molecule has 3 aromatic heterocycles. The topological polar surface area (TPSA) is 88.9 Å². The highest BCUT2D eigenvalue weighted by atomic mass is 16.5. The molecule has 1 aliphatic rings. The van der Waals surface area contributed by atoms with Gasteiger partial charge in [0.1, 0.15) is 0 Å². The molecule has 5 rings (SSSR count). The molecule has 0 spiro atoms. The lowest BCUT2D eigenvalue weighted by Crippen LogP contribution is -2.31. The molecule has 152 valence electrons. The third kappa shape index (κ3) is 2.83. The van der Waals surface area contributed by atoms with Gasteiger partial charge < -0.3 is 14.6 Å². The van der Waals surface area contributed by atoms with E-state index in [1.807, 2.05) is 17.9 Å². The quantitative estimate of drug-likeness (QED) is 0.530. The van der Waals surface area contributed by atoms with Crippen LogP contribution in [0.4, 0.5) is 5.95 Å². The van der Waals surface area contributed by atoms with Gasteiger partial charge in [0.25, 0.3) is 0 Å². The minimum absolute atomic E-state index is 0.343. The second kappa shape index (κ2) is 6.98. The van der Waals surface area contributed by atoms with Crippen molar-refractivity contribution in [3.63, 3.8) is 0 Å². The smallest absolute Gasteiger partial charge is 0.341 e. The monoisotopic (exact) mass is 402 g/mol. The number of methoxy groups -OCH3 is 1. The zero-order valence-electron chi connectivity index (χ0n) is 17.1. The Kier molecular flexibility index (Phi) is 4.27. The van der Waals surface area contributed by atoms with Crippen molar-refractivity contribution < 1.29 is 9.53 Å². The minimum Gasteiger partial charge on any atom is -0.465 e. The lowest BCUT2D eigenvalue weighted by molar-refractivity contribution is 0.0600. The maximum absolute atomic E-state index is 11.6. The molecule has 0 amide bonds. The minimum atomic E-state index is -0.438. The van der Waals surface area contributed by atoms with Crippen LogP contribution in [0.15, 0.2) is 36.8 Å². The summed E-state index contributed by atoms with van der Waals surface area (Å²) >= 11 is 0. The molecule has 0 aliphatic carbocycles. The summed E-state index contributed by atoms with van der Waals surface area (Å²) in [5, 5.41) is 5.99. The van der Waals surface area contributed by atoms with E-state index < -0.39 is 5.97 Å². The number of rotatable bonds is 3. The molecule has 1 aliphatic heterocycles. The van der Waals surface area contributed by atoms with E-state index >= 15 is 0 Å². The summed E-state index contributed by atoms with van der Waals surface area (Å²) in [4.78, 5) is 25.9. The summed E-state index contributed by atoms with van der Waals surface area (Å²) in [6.45, 7) is 3.54. The van der Waals surface area contributed by atoms with Gasteiger partial charge in [-0.15, -0.1) is 0 Å². The normalized spacial score (nSPS) is 13.5. The van der Waals surface area contributed by atoms with Crippen LogP contribution in [0.25, 0.3) is 22.2 Å². The Balaban J connectivity index is 1.53. The number of aromatic nitrogens is 5. The van der Waals surface area contributed by atoms with E-state index in [4.69, 9.17) is 9.84 Å². The van der Waals surface area contributed by atoms with Gasteiger partial charge in [-0.1, -0.05) is 12.1 Å². The van der Waals surface area contributed by atoms with E-state index in [-0.39, 0.29) is 0 Å². The molecule has 0 bridgehead atoms. The van der Waals surface area contributed by atoms with Crippen molar-refractivity contribution in [1.82, 2.24) is 24.7 Å². The second-order valence-corrected chi connectivity index (χ2v) is 7.53. The first kappa shape index (κ1) is 18.4. The molecular formula is C22H22N6O2. The van der Waals surface area contributed by atoms with Gasteiger partial charge in [-0.2, -0.15) is 5.10 Å². The van der Waals surface area contributed by atoms with Gasteiger partial charge in [0.2, 0.25) is 5.95 Å². The number of nitrogens with one attached hydrogen (secondary N) is 1. The van der Waals surface area contributed by atoms with Gasteiger partial charge in [0.05, 0.1) is 24.1 Å². The molecule has 4 aromatic rings. The van der Waals surface area contributed by atoms with E-state index in [1.165, 1.54) is 36.0 Å². The first-order valence-corrected chi connectivity index (χ1v) is 9.84. The summed E-state index contributed by atoms with van der Waals surface area (Å²) in [5.41, 5.74) is 7.29. The van der Waals surface area contributed by atoms with Crippen LogP contribution in [0.1, 0.15) is 27.2 Å². The third-order valence-corrected chi connectivity index (χ3v) is 5.72. The van der Waals surface area contributed by atoms with Crippen LogP contribution in [-0.4, -0.2) is 44.4 Å². The predicted octanol–water partition coefficient (Wildman–Crippen LogP) is 3.02. The van der Waals surface area contributed by atoms with Gasteiger partial charge in [-0.05, 0) is 18.6 Å². The van der Waals surface area contributed by atoms with Crippen molar-refractivity contribution >= 4 is 22.8 Å². The van der Waals surface area contributed by atoms with Crippen LogP contribution in [0.2, 0.25) is 0 Å². The van der Waals surface area contributed by atoms with Crippen LogP contribution in [0.3, 0.4) is 0 Å². The standard InChI is InChI=1S/C22H22N6O2/c1-13-4-5-16(15-6-8-23-19(13)15)20-17-12-28(9-7-18(17)26-27(20)2)22-24-10-14(11-25-22)21(29)30-3/h4-6,8,10-11,23H,7,9,12H2,1-3H3. The van der Waals surface area contributed by atoms with Crippen LogP contribution < -0.4 is 4.90 Å². The van der Waals surface area contributed by atoms with Gasteiger partial charge in [0, 0.05) is 67.2 Å². The predicted molar refractivity (Wildman–Crippen MR) is 113 cm³/mol. The van der Waals surface area contributed by atoms with Gasteiger partial charge >= 0.3 is 5.97 Å². The molecule has 8 heteroatoms. The fourth-order valence-corrected chi connectivity index (χ4v) is 4.22. The Labute approximate surface area is 173 Å².